The van der Waals surface area contributed by atoms with Crippen LogP contribution in [0.15, 0.2) is 23.4 Å². The lowest BCUT2D eigenvalue weighted by atomic mass is 9.96. The lowest BCUT2D eigenvalue weighted by molar-refractivity contribution is -0.128. The number of nitrogens with zero attached hydrogens (tertiary/aromatic N) is 1. The van der Waals surface area contributed by atoms with Gasteiger partial charge in [0.15, 0.2) is 0 Å². The van der Waals surface area contributed by atoms with Crippen molar-refractivity contribution >= 4 is 29.3 Å². The summed E-state index contributed by atoms with van der Waals surface area (Å²) in [6.45, 7) is 3.66. The summed E-state index contributed by atoms with van der Waals surface area (Å²) in [6.07, 6.45) is 1.58. The van der Waals surface area contributed by atoms with Gasteiger partial charge in [0.05, 0.1) is 15.5 Å². The highest BCUT2D eigenvalue weighted by Gasteiger charge is 2.27. The average Bonchev–Trinajstić information content (AvgIpc) is 2.27. The standard InChI is InChI=1S/C10H14ClN3OS/c1-10(2,9(15)14-12)6-16-8-4-3-7(11)5-13-8/h3-5H,6,12H2,1-2H3,(H,14,15). The first-order valence-electron chi connectivity index (χ1n) is 4.71. The molecule has 0 atom stereocenters. The van der Waals surface area contributed by atoms with Crippen molar-refractivity contribution in [3.63, 3.8) is 0 Å². The van der Waals surface area contributed by atoms with Crippen molar-refractivity contribution in [1.29, 1.82) is 0 Å². The van der Waals surface area contributed by atoms with Gasteiger partial charge in [-0.2, -0.15) is 0 Å². The zero-order valence-corrected chi connectivity index (χ0v) is 10.7. The van der Waals surface area contributed by atoms with E-state index in [1.807, 2.05) is 19.9 Å². The Bertz CT molecular complexity index is 367. The Kier molecular flexibility index (Phi) is 4.58. The van der Waals surface area contributed by atoms with E-state index in [4.69, 9.17) is 17.4 Å². The van der Waals surface area contributed by atoms with Crippen molar-refractivity contribution in [2.75, 3.05) is 5.75 Å². The van der Waals surface area contributed by atoms with E-state index >= 15 is 0 Å². The first-order valence-corrected chi connectivity index (χ1v) is 6.07. The molecule has 1 aromatic heterocycles. The van der Waals surface area contributed by atoms with Gasteiger partial charge in [-0.1, -0.05) is 25.4 Å². The molecule has 0 aliphatic heterocycles. The fraction of sp³-hybridized carbons (Fsp3) is 0.400. The van der Waals surface area contributed by atoms with Gasteiger partial charge < -0.3 is 0 Å². The van der Waals surface area contributed by atoms with Crippen molar-refractivity contribution in [2.45, 2.75) is 18.9 Å². The van der Waals surface area contributed by atoms with Gasteiger partial charge in [0.25, 0.3) is 0 Å². The van der Waals surface area contributed by atoms with E-state index in [9.17, 15) is 4.79 Å². The number of aromatic nitrogens is 1. The van der Waals surface area contributed by atoms with Gasteiger partial charge in [-0.15, -0.1) is 11.8 Å². The second kappa shape index (κ2) is 5.52. The highest BCUT2D eigenvalue weighted by atomic mass is 35.5. The first kappa shape index (κ1) is 13.3. The van der Waals surface area contributed by atoms with Crippen molar-refractivity contribution in [3.05, 3.63) is 23.4 Å². The van der Waals surface area contributed by atoms with Crippen molar-refractivity contribution in [1.82, 2.24) is 10.4 Å². The number of carbonyl (C=O) groups is 1. The summed E-state index contributed by atoms with van der Waals surface area (Å²) in [7, 11) is 0. The molecule has 0 bridgehead atoms. The predicted octanol–water partition coefficient (Wildman–Crippen LogP) is 1.84. The van der Waals surface area contributed by atoms with Crippen LogP contribution in [0.1, 0.15) is 13.8 Å². The Morgan fingerprint density at radius 1 is 1.62 bits per heavy atom. The van der Waals surface area contributed by atoms with Gasteiger partial charge in [-0.3, -0.25) is 10.2 Å². The van der Waals surface area contributed by atoms with E-state index in [0.29, 0.717) is 10.8 Å². The molecule has 0 aliphatic carbocycles. The van der Waals surface area contributed by atoms with Crippen LogP contribution >= 0.6 is 23.4 Å². The molecule has 0 saturated carbocycles. The molecule has 0 aromatic carbocycles. The molecule has 16 heavy (non-hydrogen) atoms. The lowest BCUT2D eigenvalue weighted by Crippen LogP contribution is -2.42. The summed E-state index contributed by atoms with van der Waals surface area (Å²) in [6, 6.07) is 3.59. The van der Waals surface area contributed by atoms with E-state index < -0.39 is 5.41 Å². The molecule has 1 heterocycles. The average molecular weight is 260 g/mol. The normalized spacial score (nSPS) is 11.2. The first-order chi connectivity index (χ1) is 7.45. The Hall–Kier alpha value is -0.780. The molecule has 0 unspecified atom stereocenters. The fourth-order valence-electron chi connectivity index (χ4n) is 0.963. The number of halogens is 1. The molecule has 0 fully saturated rings. The minimum atomic E-state index is -0.527. The highest BCUT2D eigenvalue weighted by molar-refractivity contribution is 7.99. The summed E-state index contributed by atoms with van der Waals surface area (Å²) in [4.78, 5) is 15.6. The minimum absolute atomic E-state index is 0.186. The maximum Gasteiger partial charge on any atom is 0.240 e. The maximum atomic E-state index is 11.4. The SMILES string of the molecule is CC(C)(CSc1ccc(Cl)cn1)C(=O)NN. The van der Waals surface area contributed by atoms with E-state index in [1.165, 1.54) is 11.8 Å². The molecule has 3 N–H and O–H groups in total. The Labute approximate surface area is 104 Å². The van der Waals surface area contributed by atoms with Crippen LogP contribution in [0.4, 0.5) is 0 Å². The number of pyridine rings is 1. The zero-order valence-electron chi connectivity index (χ0n) is 9.16. The monoisotopic (exact) mass is 259 g/mol. The van der Waals surface area contributed by atoms with Crippen LogP contribution in [0.5, 0.6) is 0 Å². The van der Waals surface area contributed by atoms with Crippen molar-refractivity contribution < 1.29 is 4.79 Å². The number of hydrazine groups is 1. The molecule has 4 nitrogen and oxygen atoms in total. The molecule has 1 rings (SSSR count). The molecule has 1 aromatic rings. The number of thioether (sulfide) groups is 1. The molecule has 88 valence electrons. The third-order valence-corrected chi connectivity index (χ3v) is 3.65. The van der Waals surface area contributed by atoms with Crippen LogP contribution in [-0.2, 0) is 4.79 Å². The quantitative estimate of drug-likeness (QED) is 0.375. The second-order valence-electron chi connectivity index (χ2n) is 3.96. The van der Waals surface area contributed by atoms with Gasteiger partial charge in [0.2, 0.25) is 5.91 Å². The molecule has 0 aliphatic rings. The predicted molar refractivity (Wildman–Crippen MR) is 66.1 cm³/mol. The molecule has 0 spiro atoms. The summed E-state index contributed by atoms with van der Waals surface area (Å²) in [5, 5.41) is 1.44. The smallest absolute Gasteiger partial charge is 0.240 e. The molecule has 1 amide bonds. The molecular formula is C10H14ClN3OS. The summed E-state index contributed by atoms with van der Waals surface area (Å²) >= 11 is 7.22. The van der Waals surface area contributed by atoms with E-state index in [-0.39, 0.29) is 5.91 Å². The van der Waals surface area contributed by atoms with Crippen molar-refractivity contribution in [2.24, 2.45) is 11.3 Å². The van der Waals surface area contributed by atoms with Crippen LogP contribution in [-0.4, -0.2) is 16.6 Å². The number of amides is 1. The number of hydrogen-bond acceptors (Lipinski definition) is 4. The maximum absolute atomic E-state index is 11.4. The van der Waals surface area contributed by atoms with Crippen LogP contribution in [0.2, 0.25) is 5.02 Å². The summed E-state index contributed by atoms with van der Waals surface area (Å²) in [5.74, 6) is 5.52. The van der Waals surface area contributed by atoms with Gasteiger partial charge >= 0.3 is 0 Å². The number of carbonyl (C=O) groups excluding carboxylic acids is 1. The van der Waals surface area contributed by atoms with Gasteiger partial charge in [-0.25, -0.2) is 10.8 Å². The minimum Gasteiger partial charge on any atom is -0.294 e. The highest BCUT2D eigenvalue weighted by Crippen LogP contribution is 2.26. The number of hydrogen-bond donors (Lipinski definition) is 2. The fourth-order valence-corrected chi connectivity index (χ4v) is 2.01. The molecular weight excluding hydrogens is 246 g/mol. The molecule has 0 radical (unpaired) electrons. The largest absolute Gasteiger partial charge is 0.294 e. The Balaban J connectivity index is 2.57. The van der Waals surface area contributed by atoms with Crippen molar-refractivity contribution in [3.8, 4) is 0 Å². The van der Waals surface area contributed by atoms with E-state index in [0.717, 1.165) is 5.03 Å². The number of nitrogens with one attached hydrogen (secondary N) is 1. The Morgan fingerprint density at radius 3 is 2.81 bits per heavy atom. The molecule has 6 heteroatoms. The van der Waals surface area contributed by atoms with Crippen LogP contribution in [0.3, 0.4) is 0 Å². The van der Waals surface area contributed by atoms with E-state index in [1.54, 1.807) is 12.3 Å². The molecule has 0 saturated heterocycles. The van der Waals surface area contributed by atoms with Crippen LogP contribution in [0, 0.1) is 5.41 Å². The second-order valence-corrected chi connectivity index (χ2v) is 5.39. The topological polar surface area (TPSA) is 68.0 Å². The summed E-state index contributed by atoms with van der Waals surface area (Å²) in [5.41, 5.74) is 1.63. The zero-order chi connectivity index (χ0) is 12.2. The lowest BCUT2D eigenvalue weighted by Gasteiger charge is -2.21. The van der Waals surface area contributed by atoms with Crippen LogP contribution < -0.4 is 11.3 Å². The summed E-state index contributed by atoms with van der Waals surface area (Å²) < 4.78 is 0. The van der Waals surface area contributed by atoms with Crippen LogP contribution in [0.25, 0.3) is 0 Å². The van der Waals surface area contributed by atoms with Gasteiger partial charge in [-0.05, 0) is 12.1 Å². The van der Waals surface area contributed by atoms with Gasteiger partial charge in [0, 0.05) is 11.9 Å². The number of rotatable bonds is 4. The third-order valence-electron chi connectivity index (χ3n) is 2.03. The third kappa shape index (κ3) is 3.66. The Morgan fingerprint density at radius 2 is 2.31 bits per heavy atom. The van der Waals surface area contributed by atoms with E-state index in [2.05, 4.69) is 10.4 Å². The number of nitrogens with two attached hydrogens (primary N) is 1. The van der Waals surface area contributed by atoms with Gasteiger partial charge in [0.1, 0.15) is 0 Å².